The average Bonchev–Trinajstić information content (AvgIpc) is 3.20. The molecule has 0 heterocycles. The summed E-state index contributed by atoms with van der Waals surface area (Å²) in [4.78, 5) is 23.8. The van der Waals surface area contributed by atoms with E-state index >= 15 is 0 Å². The third-order valence-electron chi connectivity index (χ3n) is 4.86. The lowest BCUT2D eigenvalue weighted by Gasteiger charge is -2.22. The number of benzene rings is 2. The maximum absolute atomic E-state index is 12.8. The highest BCUT2D eigenvalue weighted by molar-refractivity contribution is 5.87. The van der Waals surface area contributed by atoms with E-state index in [0.717, 1.165) is 36.8 Å². The molecule has 1 amide bonds. The van der Waals surface area contributed by atoms with E-state index in [0.29, 0.717) is 13.0 Å². The molecule has 0 bridgehead atoms. The first kappa shape index (κ1) is 19.1. The smallest absolute Gasteiger partial charge is 0.335 e. The molecule has 0 aliphatic heterocycles. The zero-order valence-corrected chi connectivity index (χ0v) is 15.3. The number of hydrogen-bond donors (Lipinski definition) is 2. The van der Waals surface area contributed by atoms with Crippen molar-refractivity contribution in [1.82, 2.24) is 5.32 Å². The maximum atomic E-state index is 12.8. The molecule has 1 unspecified atom stereocenters. The molecule has 27 heavy (non-hydrogen) atoms. The highest BCUT2D eigenvalue weighted by atomic mass is 16.5. The largest absolute Gasteiger partial charge is 0.478 e. The number of amides is 1. The summed E-state index contributed by atoms with van der Waals surface area (Å²) in [6.45, 7) is 0.430. The summed E-state index contributed by atoms with van der Waals surface area (Å²) >= 11 is 0. The molecular formula is C22H25NO4. The summed E-state index contributed by atoms with van der Waals surface area (Å²) in [5.74, 6) is -1.10. The van der Waals surface area contributed by atoms with Gasteiger partial charge in [0.15, 0.2) is 6.10 Å². The predicted octanol–water partition coefficient (Wildman–Crippen LogP) is 3.74. The summed E-state index contributed by atoms with van der Waals surface area (Å²) < 4.78 is 6.12. The molecule has 0 radical (unpaired) electrons. The number of carboxylic acid groups (broad SMARTS) is 1. The topological polar surface area (TPSA) is 75.6 Å². The summed E-state index contributed by atoms with van der Waals surface area (Å²) in [5, 5.41) is 12.0. The SMILES string of the molecule is O=C(O)c1cccc(CCNC(=O)C(OC2CCCC2)c2ccccc2)c1. The Labute approximate surface area is 159 Å². The molecule has 3 rings (SSSR count). The first-order valence-electron chi connectivity index (χ1n) is 9.44. The van der Waals surface area contributed by atoms with E-state index in [1.54, 1.807) is 18.2 Å². The van der Waals surface area contributed by atoms with Gasteiger partial charge in [0.1, 0.15) is 0 Å². The molecule has 1 atom stereocenters. The van der Waals surface area contributed by atoms with E-state index in [1.807, 2.05) is 36.4 Å². The summed E-state index contributed by atoms with van der Waals surface area (Å²) in [6, 6.07) is 16.3. The number of nitrogens with one attached hydrogen (secondary N) is 1. The van der Waals surface area contributed by atoms with Crippen molar-refractivity contribution in [3.63, 3.8) is 0 Å². The number of ether oxygens (including phenoxy) is 1. The number of rotatable bonds is 8. The number of carbonyl (C=O) groups excluding carboxylic acids is 1. The van der Waals surface area contributed by atoms with Crippen molar-refractivity contribution >= 4 is 11.9 Å². The molecule has 2 aromatic carbocycles. The molecule has 2 aromatic rings. The van der Waals surface area contributed by atoms with Gasteiger partial charge in [0.25, 0.3) is 5.91 Å². The molecule has 0 spiro atoms. The van der Waals surface area contributed by atoms with E-state index in [2.05, 4.69) is 5.32 Å². The zero-order valence-electron chi connectivity index (χ0n) is 15.3. The second-order valence-electron chi connectivity index (χ2n) is 6.88. The van der Waals surface area contributed by atoms with Crippen molar-refractivity contribution in [2.24, 2.45) is 0 Å². The Kier molecular flexibility index (Phi) is 6.60. The molecule has 1 fully saturated rings. The Bertz CT molecular complexity index is 769. The fourth-order valence-corrected chi connectivity index (χ4v) is 3.42. The molecule has 1 aliphatic rings. The number of carboxylic acids is 1. The molecule has 142 valence electrons. The van der Waals surface area contributed by atoms with Crippen LogP contribution in [-0.2, 0) is 16.0 Å². The highest BCUT2D eigenvalue weighted by Gasteiger charge is 2.26. The van der Waals surface area contributed by atoms with Crippen molar-refractivity contribution in [3.8, 4) is 0 Å². The lowest BCUT2D eigenvalue weighted by atomic mass is 10.1. The van der Waals surface area contributed by atoms with Gasteiger partial charge < -0.3 is 15.2 Å². The normalized spacial score (nSPS) is 15.4. The molecule has 5 heteroatoms. The van der Waals surface area contributed by atoms with Crippen LogP contribution in [-0.4, -0.2) is 29.6 Å². The minimum atomic E-state index is -0.949. The summed E-state index contributed by atoms with van der Waals surface area (Å²) in [5.41, 5.74) is 1.99. The average molecular weight is 367 g/mol. The van der Waals surface area contributed by atoms with Crippen molar-refractivity contribution in [2.75, 3.05) is 6.54 Å². The van der Waals surface area contributed by atoms with Gasteiger partial charge in [-0.3, -0.25) is 4.79 Å². The molecule has 2 N–H and O–H groups in total. The van der Waals surface area contributed by atoms with Gasteiger partial charge in [-0.15, -0.1) is 0 Å². The zero-order chi connectivity index (χ0) is 19.1. The Morgan fingerprint density at radius 2 is 1.81 bits per heavy atom. The summed E-state index contributed by atoms with van der Waals surface area (Å²) in [6.07, 6.45) is 4.38. The van der Waals surface area contributed by atoms with Gasteiger partial charge in [-0.05, 0) is 42.5 Å². The van der Waals surface area contributed by atoms with Crippen LogP contribution in [0.3, 0.4) is 0 Å². The van der Waals surface area contributed by atoms with Gasteiger partial charge in [-0.25, -0.2) is 4.79 Å². The second kappa shape index (κ2) is 9.33. The molecule has 0 saturated heterocycles. The van der Waals surface area contributed by atoms with Gasteiger partial charge in [0.05, 0.1) is 11.7 Å². The van der Waals surface area contributed by atoms with E-state index in [4.69, 9.17) is 9.84 Å². The van der Waals surface area contributed by atoms with Crippen LogP contribution in [0.2, 0.25) is 0 Å². The molecule has 5 nitrogen and oxygen atoms in total. The Morgan fingerprint density at radius 1 is 1.07 bits per heavy atom. The van der Waals surface area contributed by atoms with E-state index in [-0.39, 0.29) is 17.6 Å². The Balaban J connectivity index is 1.60. The number of carbonyl (C=O) groups is 2. The van der Waals surface area contributed by atoms with E-state index < -0.39 is 12.1 Å². The minimum Gasteiger partial charge on any atom is -0.478 e. The number of hydrogen-bond acceptors (Lipinski definition) is 3. The van der Waals surface area contributed by atoms with Gasteiger partial charge in [0.2, 0.25) is 0 Å². The van der Waals surface area contributed by atoms with Gasteiger partial charge >= 0.3 is 5.97 Å². The van der Waals surface area contributed by atoms with Crippen molar-refractivity contribution in [2.45, 2.75) is 44.3 Å². The van der Waals surface area contributed by atoms with Gasteiger partial charge in [-0.1, -0.05) is 55.3 Å². The molecule has 1 aliphatic carbocycles. The third-order valence-corrected chi connectivity index (χ3v) is 4.86. The maximum Gasteiger partial charge on any atom is 0.335 e. The van der Waals surface area contributed by atoms with E-state index in [1.165, 1.54) is 0 Å². The first-order valence-corrected chi connectivity index (χ1v) is 9.44. The second-order valence-corrected chi connectivity index (χ2v) is 6.88. The van der Waals surface area contributed by atoms with Gasteiger partial charge in [0, 0.05) is 6.54 Å². The monoisotopic (exact) mass is 367 g/mol. The molecular weight excluding hydrogens is 342 g/mol. The minimum absolute atomic E-state index is 0.133. The van der Waals surface area contributed by atoms with Crippen LogP contribution in [0.5, 0.6) is 0 Å². The standard InChI is InChI=1S/C22H25NO4/c24-21(23-14-13-16-7-6-10-18(15-16)22(25)26)20(17-8-2-1-3-9-17)27-19-11-4-5-12-19/h1-3,6-10,15,19-20H,4-5,11-14H2,(H,23,24)(H,25,26). The Morgan fingerprint density at radius 3 is 2.52 bits per heavy atom. The van der Waals surface area contributed by atoms with E-state index in [9.17, 15) is 9.59 Å². The fourth-order valence-electron chi connectivity index (χ4n) is 3.42. The Hall–Kier alpha value is -2.66. The molecule has 1 saturated carbocycles. The lowest BCUT2D eigenvalue weighted by molar-refractivity contribution is -0.137. The van der Waals surface area contributed by atoms with Crippen molar-refractivity contribution in [3.05, 3.63) is 71.3 Å². The van der Waals surface area contributed by atoms with Crippen LogP contribution in [0, 0.1) is 0 Å². The lowest BCUT2D eigenvalue weighted by Crippen LogP contribution is -2.34. The van der Waals surface area contributed by atoms with Crippen LogP contribution < -0.4 is 5.32 Å². The van der Waals surface area contributed by atoms with Crippen LogP contribution in [0.1, 0.15) is 53.3 Å². The first-order chi connectivity index (χ1) is 13.1. The quantitative estimate of drug-likeness (QED) is 0.745. The predicted molar refractivity (Wildman–Crippen MR) is 103 cm³/mol. The van der Waals surface area contributed by atoms with Crippen LogP contribution in [0.4, 0.5) is 0 Å². The van der Waals surface area contributed by atoms with Crippen molar-refractivity contribution in [1.29, 1.82) is 0 Å². The van der Waals surface area contributed by atoms with Crippen LogP contribution in [0.15, 0.2) is 54.6 Å². The van der Waals surface area contributed by atoms with Crippen LogP contribution >= 0.6 is 0 Å². The fraction of sp³-hybridized carbons (Fsp3) is 0.364. The number of aromatic carboxylic acids is 1. The molecule has 0 aromatic heterocycles. The third kappa shape index (κ3) is 5.41. The highest BCUT2D eigenvalue weighted by Crippen LogP contribution is 2.28. The van der Waals surface area contributed by atoms with Gasteiger partial charge in [-0.2, -0.15) is 0 Å². The van der Waals surface area contributed by atoms with Crippen molar-refractivity contribution < 1.29 is 19.4 Å². The van der Waals surface area contributed by atoms with Crippen LogP contribution in [0.25, 0.3) is 0 Å². The summed E-state index contributed by atoms with van der Waals surface area (Å²) in [7, 11) is 0.